The van der Waals surface area contributed by atoms with Gasteiger partial charge in [0.05, 0.1) is 40.5 Å². The third kappa shape index (κ3) is 4.45. The zero-order valence-electron chi connectivity index (χ0n) is 19.2. The van der Waals surface area contributed by atoms with Gasteiger partial charge in [-0.3, -0.25) is 14.3 Å². The van der Waals surface area contributed by atoms with Gasteiger partial charge in [0.25, 0.3) is 5.91 Å². The number of nitrogens with zero attached hydrogens (tertiary/aromatic N) is 3. The summed E-state index contributed by atoms with van der Waals surface area (Å²) in [6.45, 7) is 1.56. The molecule has 0 radical (unpaired) electrons. The van der Waals surface area contributed by atoms with Gasteiger partial charge in [-0.2, -0.15) is 18.3 Å². The van der Waals surface area contributed by atoms with E-state index in [2.05, 4.69) is 20.5 Å². The molecule has 0 aliphatic carbocycles. The summed E-state index contributed by atoms with van der Waals surface area (Å²) in [5.41, 5.74) is -0.216. The van der Waals surface area contributed by atoms with Crippen LogP contribution < -0.4 is 5.32 Å². The molecule has 5 aromatic rings. The van der Waals surface area contributed by atoms with Gasteiger partial charge in [0.15, 0.2) is 5.65 Å². The summed E-state index contributed by atoms with van der Waals surface area (Å²) in [6, 6.07) is 13.1. The highest BCUT2D eigenvalue weighted by atomic mass is 19.4. The number of pyridine rings is 1. The van der Waals surface area contributed by atoms with Gasteiger partial charge in [-0.15, -0.1) is 0 Å². The standard InChI is InChI=1S/C26H19F4N5O2/c1-14(36)22-13-31-24-23(16(8-10-35(22)24)15-5-3-2-4-6-15)33-25(37)18-11-17(21-7-9-32-34-21)19(12-20(18)27)26(28,29)30/h2-14,36H,1H3,(H,32,34)(H,33,37). The minimum Gasteiger partial charge on any atom is -0.387 e. The Bertz CT molecular complexity index is 1590. The summed E-state index contributed by atoms with van der Waals surface area (Å²) in [5.74, 6) is -2.32. The highest BCUT2D eigenvalue weighted by Crippen LogP contribution is 2.39. The second-order valence-corrected chi connectivity index (χ2v) is 8.31. The number of aromatic amines is 1. The quantitative estimate of drug-likeness (QED) is 0.259. The normalized spacial score (nSPS) is 12.6. The Morgan fingerprint density at radius 1 is 1.11 bits per heavy atom. The molecule has 2 aromatic carbocycles. The lowest BCUT2D eigenvalue weighted by Crippen LogP contribution is -2.18. The second kappa shape index (κ2) is 9.17. The molecule has 0 aliphatic rings. The van der Waals surface area contributed by atoms with Gasteiger partial charge >= 0.3 is 6.18 Å². The van der Waals surface area contributed by atoms with Crippen molar-refractivity contribution in [3.8, 4) is 22.4 Å². The number of H-pyrrole nitrogens is 1. The lowest BCUT2D eigenvalue weighted by molar-refractivity contribution is -0.137. The van der Waals surface area contributed by atoms with E-state index in [9.17, 15) is 27.5 Å². The third-order valence-electron chi connectivity index (χ3n) is 5.89. The fourth-order valence-corrected chi connectivity index (χ4v) is 4.14. The highest BCUT2D eigenvalue weighted by Gasteiger charge is 2.36. The number of carbonyl (C=O) groups excluding carboxylic acids is 1. The van der Waals surface area contributed by atoms with Crippen LogP contribution in [0.25, 0.3) is 28.0 Å². The van der Waals surface area contributed by atoms with E-state index in [4.69, 9.17) is 0 Å². The maximum Gasteiger partial charge on any atom is 0.417 e. The number of amides is 1. The molecule has 7 nitrogen and oxygen atoms in total. The van der Waals surface area contributed by atoms with Crippen molar-refractivity contribution < 1.29 is 27.5 Å². The first-order valence-electron chi connectivity index (χ1n) is 11.1. The first kappa shape index (κ1) is 24.2. The lowest BCUT2D eigenvalue weighted by Gasteiger charge is -2.16. The molecule has 0 spiro atoms. The van der Waals surface area contributed by atoms with E-state index in [1.165, 1.54) is 18.5 Å². The number of fused-ring (bicyclic) bond motifs is 1. The number of hydrogen-bond acceptors (Lipinski definition) is 4. The molecule has 3 heterocycles. The number of rotatable bonds is 5. The number of aliphatic hydroxyl groups is 1. The summed E-state index contributed by atoms with van der Waals surface area (Å²) < 4.78 is 57.5. The minimum absolute atomic E-state index is 0.0942. The van der Waals surface area contributed by atoms with E-state index in [1.807, 2.05) is 6.07 Å². The molecule has 0 saturated heterocycles. The van der Waals surface area contributed by atoms with E-state index in [0.717, 1.165) is 6.07 Å². The van der Waals surface area contributed by atoms with E-state index >= 15 is 0 Å². The SMILES string of the molecule is CC(O)c1cnc2c(NC(=O)c3cc(-c4cc[nH]n4)c(C(F)(F)F)cc3F)c(-c3ccccc3)ccn12. The zero-order chi connectivity index (χ0) is 26.3. The molecule has 0 aliphatic heterocycles. The average molecular weight is 509 g/mol. The third-order valence-corrected chi connectivity index (χ3v) is 5.89. The summed E-state index contributed by atoms with van der Waals surface area (Å²) in [6.07, 6.45) is -1.30. The van der Waals surface area contributed by atoms with Crippen molar-refractivity contribution in [3.63, 3.8) is 0 Å². The average Bonchev–Trinajstić information content (AvgIpc) is 3.54. The Labute approximate surface area is 207 Å². The smallest absolute Gasteiger partial charge is 0.387 e. The number of hydrogen-bond donors (Lipinski definition) is 3. The number of carbonyl (C=O) groups is 1. The molecule has 1 atom stereocenters. The maximum atomic E-state index is 15.0. The second-order valence-electron chi connectivity index (χ2n) is 8.31. The molecule has 1 unspecified atom stereocenters. The van der Waals surface area contributed by atoms with E-state index in [-0.39, 0.29) is 17.0 Å². The number of aliphatic hydroxyl groups excluding tert-OH is 1. The first-order valence-corrected chi connectivity index (χ1v) is 11.1. The molecule has 0 fully saturated rings. The molecule has 3 aromatic heterocycles. The van der Waals surface area contributed by atoms with E-state index in [0.29, 0.717) is 22.9 Å². The zero-order valence-corrected chi connectivity index (χ0v) is 19.2. The highest BCUT2D eigenvalue weighted by molar-refractivity contribution is 6.09. The Hall–Kier alpha value is -4.51. The Morgan fingerprint density at radius 2 is 1.86 bits per heavy atom. The molecular weight excluding hydrogens is 490 g/mol. The first-order chi connectivity index (χ1) is 17.6. The Kier molecular flexibility index (Phi) is 6.00. The summed E-state index contributed by atoms with van der Waals surface area (Å²) in [5, 5.41) is 18.9. The fraction of sp³-hybridized carbons (Fsp3) is 0.115. The van der Waals surface area contributed by atoms with Crippen molar-refractivity contribution in [2.75, 3.05) is 5.32 Å². The predicted molar refractivity (Wildman–Crippen MR) is 128 cm³/mol. The number of imidazole rings is 1. The van der Waals surface area contributed by atoms with Crippen molar-refractivity contribution in [2.45, 2.75) is 19.2 Å². The number of benzene rings is 2. The van der Waals surface area contributed by atoms with Gasteiger partial charge in [-0.1, -0.05) is 30.3 Å². The van der Waals surface area contributed by atoms with Crippen LogP contribution in [0.4, 0.5) is 23.2 Å². The van der Waals surface area contributed by atoms with Crippen molar-refractivity contribution in [1.29, 1.82) is 0 Å². The number of alkyl halides is 3. The maximum absolute atomic E-state index is 15.0. The van der Waals surface area contributed by atoms with Gasteiger partial charge < -0.3 is 10.4 Å². The van der Waals surface area contributed by atoms with Crippen molar-refractivity contribution in [1.82, 2.24) is 19.6 Å². The number of nitrogens with one attached hydrogen (secondary N) is 2. The van der Waals surface area contributed by atoms with E-state index in [1.54, 1.807) is 47.9 Å². The van der Waals surface area contributed by atoms with Crippen LogP contribution in [0, 0.1) is 5.82 Å². The Morgan fingerprint density at radius 3 is 2.51 bits per heavy atom. The van der Waals surface area contributed by atoms with Crippen LogP contribution in [0.3, 0.4) is 0 Å². The lowest BCUT2D eigenvalue weighted by atomic mass is 9.99. The molecular formula is C26H19F4N5O2. The summed E-state index contributed by atoms with van der Waals surface area (Å²) in [7, 11) is 0. The monoisotopic (exact) mass is 509 g/mol. The summed E-state index contributed by atoms with van der Waals surface area (Å²) >= 11 is 0. The molecule has 1 amide bonds. The van der Waals surface area contributed by atoms with Gasteiger partial charge in [0.2, 0.25) is 0 Å². The largest absolute Gasteiger partial charge is 0.417 e. The molecule has 11 heteroatoms. The van der Waals surface area contributed by atoms with Gasteiger partial charge in [0.1, 0.15) is 5.82 Å². The van der Waals surface area contributed by atoms with Crippen LogP contribution >= 0.6 is 0 Å². The van der Waals surface area contributed by atoms with Crippen LogP contribution in [0.5, 0.6) is 0 Å². The molecule has 188 valence electrons. The van der Waals surface area contributed by atoms with Crippen LogP contribution in [-0.2, 0) is 6.18 Å². The predicted octanol–water partition coefficient (Wildman–Crippen LogP) is 5.85. The van der Waals surface area contributed by atoms with Crippen LogP contribution in [0.1, 0.15) is 34.6 Å². The molecule has 3 N–H and O–H groups in total. The van der Waals surface area contributed by atoms with Gasteiger partial charge in [0, 0.05) is 23.5 Å². The van der Waals surface area contributed by atoms with Crippen LogP contribution in [-0.4, -0.2) is 30.6 Å². The minimum atomic E-state index is -4.87. The molecule has 0 saturated carbocycles. The topological polar surface area (TPSA) is 95.3 Å². The van der Waals surface area contributed by atoms with E-state index < -0.39 is 40.7 Å². The molecule has 5 rings (SSSR count). The number of anilines is 1. The van der Waals surface area contributed by atoms with Crippen LogP contribution in [0.2, 0.25) is 0 Å². The van der Waals surface area contributed by atoms with Crippen molar-refractivity contribution in [2.24, 2.45) is 0 Å². The fourth-order valence-electron chi connectivity index (χ4n) is 4.14. The van der Waals surface area contributed by atoms with Gasteiger partial charge in [-0.05, 0) is 36.8 Å². The molecule has 37 heavy (non-hydrogen) atoms. The summed E-state index contributed by atoms with van der Waals surface area (Å²) in [4.78, 5) is 17.7. The van der Waals surface area contributed by atoms with Crippen molar-refractivity contribution >= 4 is 17.2 Å². The van der Waals surface area contributed by atoms with Crippen LogP contribution in [0.15, 0.2) is 73.2 Å². The number of aromatic nitrogens is 4. The van der Waals surface area contributed by atoms with Gasteiger partial charge in [-0.25, -0.2) is 9.37 Å². The molecule has 0 bridgehead atoms. The number of halogens is 4. The Balaban J connectivity index is 1.65. The van der Waals surface area contributed by atoms with Crippen molar-refractivity contribution in [3.05, 3.63) is 95.8 Å².